The Morgan fingerprint density at radius 1 is 1.32 bits per heavy atom. The van der Waals surface area contributed by atoms with Crippen molar-refractivity contribution in [1.29, 1.82) is 0 Å². The first kappa shape index (κ1) is 13.5. The lowest BCUT2D eigenvalue weighted by atomic mass is 10.2. The number of benzene rings is 1. The second-order valence-electron chi connectivity index (χ2n) is 4.44. The molecule has 0 atom stereocenters. The van der Waals surface area contributed by atoms with E-state index in [1.807, 2.05) is 25.3 Å². The SMILES string of the molecule is Cc1cnccc1N(CCCN)c1cccc(F)c1. The van der Waals surface area contributed by atoms with Crippen molar-refractivity contribution in [3.05, 3.63) is 54.1 Å². The maximum absolute atomic E-state index is 13.4. The van der Waals surface area contributed by atoms with E-state index < -0.39 is 0 Å². The van der Waals surface area contributed by atoms with Crippen molar-refractivity contribution in [2.75, 3.05) is 18.0 Å². The van der Waals surface area contributed by atoms with Crippen LogP contribution in [0.4, 0.5) is 15.8 Å². The molecule has 0 spiro atoms. The molecule has 0 aliphatic carbocycles. The zero-order valence-corrected chi connectivity index (χ0v) is 11.0. The Hall–Kier alpha value is -1.94. The van der Waals surface area contributed by atoms with Crippen molar-refractivity contribution in [2.45, 2.75) is 13.3 Å². The third-order valence-electron chi connectivity index (χ3n) is 2.99. The Labute approximate surface area is 112 Å². The molecule has 0 amide bonds. The monoisotopic (exact) mass is 259 g/mol. The molecule has 2 aromatic rings. The summed E-state index contributed by atoms with van der Waals surface area (Å²) in [5.41, 5.74) is 8.52. The first-order valence-electron chi connectivity index (χ1n) is 6.36. The summed E-state index contributed by atoms with van der Waals surface area (Å²) in [7, 11) is 0. The molecule has 0 fully saturated rings. The maximum Gasteiger partial charge on any atom is 0.125 e. The number of anilines is 2. The largest absolute Gasteiger partial charge is 0.341 e. The van der Waals surface area contributed by atoms with Crippen molar-refractivity contribution in [3.63, 3.8) is 0 Å². The molecule has 2 N–H and O–H groups in total. The predicted molar refractivity (Wildman–Crippen MR) is 76.1 cm³/mol. The maximum atomic E-state index is 13.4. The van der Waals surface area contributed by atoms with Gasteiger partial charge in [-0.15, -0.1) is 0 Å². The average molecular weight is 259 g/mol. The molecule has 0 aliphatic heterocycles. The van der Waals surface area contributed by atoms with E-state index in [0.29, 0.717) is 6.54 Å². The molecular formula is C15H18FN3. The molecule has 4 heteroatoms. The van der Waals surface area contributed by atoms with Gasteiger partial charge < -0.3 is 10.6 Å². The summed E-state index contributed by atoms with van der Waals surface area (Å²) in [6.07, 6.45) is 4.40. The van der Waals surface area contributed by atoms with Crippen LogP contribution in [-0.4, -0.2) is 18.1 Å². The van der Waals surface area contributed by atoms with E-state index in [9.17, 15) is 4.39 Å². The molecule has 0 saturated heterocycles. The molecule has 19 heavy (non-hydrogen) atoms. The molecule has 0 aliphatic rings. The average Bonchev–Trinajstić information content (AvgIpc) is 2.41. The Bertz CT molecular complexity index is 542. The Kier molecular flexibility index (Phi) is 4.47. The minimum Gasteiger partial charge on any atom is -0.341 e. The van der Waals surface area contributed by atoms with Gasteiger partial charge in [-0.3, -0.25) is 4.98 Å². The molecule has 100 valence electrons. The van der Waals surface area contributed by atoms with Gasteiger partial charge in [0.25, 0.3) is 0 Å². The van der Waals surface area contributed by atoms with Crippen LogP contribution in [0.5, 0.6) is 0 Å². The highest BCUT2D eigenvalue weighted by molar-refractivity contribution is 5.65. The Balaban J connectivity index is 2.38. The third kappa shape index (κ3) is 3.29. The summed E-state index contributed by atoms with van der Waals surface area (Å²) in [5.74, 6) is -0.234. The summed E-state index contributed by atoms with van der Waals surface area (Å²) in [6, 6.07) is 8.55. The van der Waals surface area contributed by atoms with Gasteiger partial charge in [-0.05, 0) is 49.7 Å². The first-order valence-corrected chi connectivity index (χ1v) is 6.36. The number of nitrogens with two attached hydrogens (primary N) is 1. The lowest BCUT2D eigenvalue weighted by Crippen LogP contribution is -2.21. The van der Waals surface area contributed by atoms with E-state index >= 15 is 0 Å². The van der Waals surface area contributed by atoms with Crippen LogP contribution in [0.25, 0.3) is 0 Å². The fraction of sp³-hybridized carbons (Fsp3) is 0.267. The number of hydrogen-bond acceptors (Lipinski definition) is 3. The van der Waals surface area contributed by atoms with Crippen LogP contribution in [0.15, 0.2) is 42.7 Å². The number of aryl methyl sites for hydroxylation is 1. The number of aromatic nitrogens is 1. The molecule has 1 heterocycles. The van der Waals surface area contributed by atoms with Crippen molar-refractivity contribution < 1.29 is 4.39 Å². The van der Waals surface area contributed by atoms with Gasteiger partial charge in [0.15, 0.2) is 0 Å². The molecule has 0 unspecified atom stereocenters. The van der Waals surface area contributed by atoms with E-state index in [1.165, 1.54) is 12.1 Å². The first-order chi connectivity index (χ1) is 9.22. The standard InChI is InChI=1S/C15H18FN3/c1-12-11-18-8-6-15(12)19(9-3-7-17)14-5-2-4-13(16)10-14/h2,4-6,8,10-11H,3,7,9,17H2,1H3. The summed E-state index contributed by atoms with van der Waals surface area (Å²) in [4.78, 5) is 6.17. The number of hydrogen-bond donors (Lipinski definition) is 1. The van der Waals surface area contributed by atoms with Crippen LogP contribution in [-0.2, 0) is 0 Å². The van der Waals surface area contributed by atoms with Gasteiger partial charge in [0.2, 0.25) is 0 Å². The van der Waals surface area contributed by atoms with E-state index in [2.05, 4.69) is 9.88 Å². The Morgan fingerprint density at radius 2 is 2.16 bits per heavy atom. The smallest absolute Gasteiger partial charge is 0.125 e. The lowest BCUT2D eigenvalue weighted by molar-refractivity contribution is 0.627. The normalized spacial score (nSPS) is 10.5. The summed E-state index contributed by atoms with van der Waals surface area (Å²) >= 11 is 0. The molecule has 0 radical (unpaired) electrons. The fourth-order valence-corrected chi connectivity index (χ4v) is 2.05. The van der Waals surface area contributed by atoms with Gasteiger partial charge in [-0.2, -0.15) is 0 Å². The van der Waals surface area contributed by atoms with Crippen molar-refractivity contribution >= 4 is 11.4 Å². The minimum atomic E-state index is -0.234. The van der Waals surface area contributed by atoms with Crippen LogP contribution in [0, 0.1) is 12.7 Å². The summed E-state index contributed by atoms with van der Waals surface area (Å²) in [5, 5.41) is 0. The quantitative estimate of drug-likeness (QED) is 0.897. The van der Waals surface area contributed by atoms with E-state index in [0.717, 1.165) is 29.9 Å². The number of rotatable bonds is 5. The third-order valence-corrected chi connectivity index (χ3v) is 2.99. The second-order valence-corrected chi connectivity index (χ2v) is 4.44. The number of pyridine rings is 1. The number of nitrogens with zero attached hydrogens (tertiary/aromatic N) is 2. The van der Waals surface area contributed by atoms with E-state index in [4.69, 9.17) is 5.73 Å². The van der Waals surface area contributed by atoms with Gasteiger partial charge in [0.1, 0.15) is 5.82 Å². The van der Waals surface area contributed by atoms with Gasteiger partial charge in [0, 0.05) is 30.3 Å². The zero-order chi connectivity index (χ0) is 13.7. The summed E-state index contributed by atoms with van der Waals surface area (Å²) in [6.45, 7) is 3.36. The highest BCUT2D eigenvalue weighted by Gasteiger charge is 2.11. The van der Waals surface area contributed by atoms with Crippen LogP contribution in [0.1, 0.15) is 12.0 Å². The van der Waals surface area contributed by atoms with Gasteiger partial charge >= 0.3 is 0 Å². The van der Waals surface area contributed by atoms with Crippen molar-refractivity contribution in [3.8, 4) is 0 Å². The molecule has 0 saturated carbocycles. The molecule has 3 nitrogen and oxygen atoms in total. The second kappa shape index (κ2) is 6.29. The van der Waals surface area contributed by atoms with E-state index in [-0.39, 0.29) is 5.82 Å². The van der Waals surface area contributed by atoms with Crippen LogP contribution in [0.3, 0.4) is 0 Å². The topological polar surface area (TPSA) is 42.2 Å². The molecule has 1 aromatic carbocycles. The van der Waals surface area contributed by atoms with Crippen LogP contribution in [0.2, 0.25) is 0 Å². The van der Waals surface area contributed by atoms with Gasteiger partial charge in [-0.1, -0.05) is 6.07 Å². The fourth-order valence-electron chi connectivity index (χ4n) is 2.05. The predicted octanol–water partition coefficient (Wildman–Crippen LogP) is 3.02. The highest BCUT2D eigenvalue weighted by Crippen LogP contribution is 2.28. The molecule has 1 aromatic heterocycles. The van der Waals surface area contributed by atoms with Crippen LogP contribution < -0.4 is 10.6 Å². The van der Waals surface area contributed by atoms with Crippen molar-refractivity contribution in [2.24, 2.45) is 5.73 Å². The summed E-state index contributed by atoms with van der Waals surface area (Å²) < 4.78 is 13.4. The minimum absolute atomic E-state index is 0.234. The van der Waals surface area contributed by atoms with Crippen LogP contribution >= 0.6 is 0 Å². The highest BCUT2D eigenvalue weighted by atomic mass is 19.1. The zero-order valence-electron chi connectivity index (χ0n) is 11.0. The lowest BCUT2D eigenvalue weighted by Gasteiger charge is -2.26. The molecule has 0 bridgehead atoms. The van der Waals surface area contributed by atoms with Gasteiger partial charge in [0.05, 0.1) is 0 Å². The van der Waals surface area contributed by atoms with Crippen molar-refractivity contribution in [1.82, 2.24) is 4.98 Å². The molecular weight excluding hydrogens is 241 g/mol. The number of halogens is 1. The van der Waals surface area contributed by atoms with Gasteiger partial charge in [-0.25, -0.2) is 4.39 Å². The Morgan fingerprint density at radius 3 is 2.84 bits per heavy atom. The van der Waals surface area contributed by atoms with E-state index in [1.54, 1.807) is 12.3 Å². The molecule has 2 rings (SSSR count).